The van der Waals surface area contributed by atoms with E-state index >= 15 is 0 Å². The van der Waals surface area contributed by atoms with Crippen molar-refractivity contribution in [3.8, 4) is 23.0 Å². The molecule has 0 spiro atoms. The van der Waals surface area contributed by atoms with Gasteiger partial charge in [-0.1, -0.05) is 39.2 Å². The van der Waals surface area contributed by atoms with Crippen LogP contribution in [-0.2, 0) is 32.9 Å². The summed E-state index contributed by atoms with van der Waals surface area (Å²) in [7, 11) is 7.32. The molecule has 20 rings (SSSR count). The van der Waals surface area contributed by atoms with Gasteiger partial charge in [0.05, 0.1) is 82.2 Å². The fraction of sp³-hybridized carbons (Fsp3) is 0.447. The number of aromatic nitrogens is 4. The third kappa shape index (κ3) is 13.7. The molecule has 4 fully saturated rings. The number of rotatable bonds is 8. The van der Waals surface area contributed by atoms with E-state index in [0.29, 0.717) is 26.4 Å². The van der Waals surface area contributed by atoms with Gasteiger partial charge in [0.2, 0.25) is 0 Å². The second-order valence-electron chi connectivity index (χ2n) is 34.1. The van der Waals surface area contributed by atoms with Crippen LogP contribution >= 0.6 is 0 Å². The van der Waals surface area contributed by atoms with Gasteiger partial charge in [-0.05, 0) is 226 Å². The van der Waals surface area contributed by atoms with Crippen LogP contribution in [0.15, 0.2) is 141 Å². The van der Waals surface area contributed by atoms with Crippen molar-refractivity contribution in [3.05, 3.63) is 208 Å². The summed E-state index contributed by atoms with van der Waals surface area (Å²) in [5, 5.41) is 4.30. The van der Waals surface area contributed by atoms with Gasteiger partial charge in [0.15, 0.2) is 23.0 Å². The van der Waals surface area contributed by atoms with E-state index in [0.717, 1.165) is 232 Å². The molecule has 8 aromatic rings. The van der Waals surface area contributed by atoms with Gasteiger partial charge in [-0.25, -0.2) is 0 Å². The van der Waals surface area contributed by atoms with Gasteiger partial charge in [-0.3, -0.25) is 24.1 Å². The number of ether oxygens (including phenoxy) is 5. The Morgan fingerprint density at radius 1 is 0.313 bits per heavy atom. The number of morpholine rings is 1. The minimum absolute atomic E-state index is 0.00121. The fourth-order valence-corrected chi connectivity index (χ4v) is 20.3. The monoisotopic (exact) mass is 1550 g/mol. The molecule has 602 valence electrons. The first kappa shape index (κ1) is 77.4. The van der Waals surface area contributed by atoms with E-state index in [4.69, 9.17) is 23.7 Å². The molecule has 4 aromatic carbocycles. The molecule has 12 aliphatic rings. The zero-order valence-corrected chi connectivity index (χ0v) is 69.5. The molecule has 12 aliphatic heterocycles. The molecular weight excluding hydrogens is 1440 g/mol. The van der Waals surface area contributed by atoms with Crippen LogP contribution in [-0.4, -0.2) is 180 Å². The predicted octanol–water partition coefficient (Wildman–Crippen LogP) is 13.8. The maximum atomic E-state index is 12.5. The predicted molar refractivity (Wildman–Crippen MR) is 467 cm³/mol. The van der Waals surface area contributed by atoms with E-state index in [9.17, 15) is 19.2 Å². The molecule has 0 amide bonds. The minimum Gasteiger partial charge on any atom is -0.487 e. The van der Waals surface area contributed by atoms with E-state index < -0.39 is 0 Å². The van der Waals surface area contributed by atoms with Gasteiger partial charge < -0.3 is 76.3 Å². The number of aryl methyl sites for hydroxylation is 8. The lowest BCUT2D eigenvalue weighted by atomic mass is 9.92. The number of nitrogens with zero attached hydrogens (tertiary/aromatic N) is 12. The number of allylic oxidation sites excluding steroid dienone is 8. The van der Waals surface area contributed by atoms with Crippen LogP contribution in [0.4, 0.5) is 22.7 Å². The number of fused-ring (bicyclic) bond motifs is 8. The molecule has 0 saturated carbocycles. The smallest absolute Gasteiger partial charge is 0.251 e. The minimum atomic E-state index is -0.0151. The Kier molecular flexibility index (Phi) is 20.7. The van der Waals surface area contributed by atoms with E-state index in [2.05, 4.69) is 142 Å². The van der Waals surface area contributed by atoms with E-state index in [1.807, 2.05) is 55.9 Å². The van der Waals surface area contributed by atoms with Gasteiger partial charge in [0.1, 0.15) is 26.4 Å². The Morgan fingerprint density at radius 2 is 0.530 bits per heavy atom. The number of pyridine rings is 4. The number of likely N-dealkylation sites (tertiary alicyclic amines) is 3. The first-order chi connectivity index (χ1) is 55.3. The van der Waals surface area contributed by atoms with Crippen LogP contribution in [0.2, 0.25) is 0 Å². The first-order valence-corrected chi connectivity index (χ1v) is 41.7. The number of piperidine rings is 2. The van der Waals surface area contributed by atoms with Gasteiger partial charge >= 0.3 is 0 Å². The highest BCUT2D eigenvalue weighted by Crippen LogP contribution is 2.54. The molecule has 2 unspecified atom stereocenters. The highest BCUT2D eigenvalue weighted by molar-refractivity contribution is 6.05. The van der Waals surface area contributed by atoms with Gasteiger partial charge in [-0.2, -0.15) is 0 Å². The van der Waals surface area contributed by atoms with Gasteiger partial charge in [-0.15, -0.1) is 0 Å². The maximum Gasteiger partial charge on any atom is 0.251 e. The average molecular weight is 1550 g/mol. The third-order valence-corrected chi connectivity index (χ3v) is 26.3. The average Bonchev–Trinajstić information content (AvgIpc) is 1.49. The van der Waals surface area contributed by atoms with Crippen molar-refractivity contribution in [1.82, 2.24) is 37.9 Å². The topological polar surface area (TPSA) is 160 Å². The fourth-order valence-electron chi connectivity index (χ4n) is 20.3. The van der Waals surface area contributed by atoms with Gasteiger partial charge in [0, 0.05) is 158 Å². The van der Waals surface area contributed by atoms with Crippen LogP contribution in [0.3, 0.4) is 0 Å². The summed E-state index contributed by atoms with van der Waals surface area (Å²) >= 11 is 0. The summed E-state index contributed by atoms with van der Waals surface area (Å²) < 4.78 is 38.0. The summed E-state index contributed by atoms with van der Waals surface area (Å²) in [6.45, 7) is 50.6. The molecule has 4 atom stereocenters. The molecule has 115 heavy (non-hydrogen) atoms. The molecule has 0 aliphatic carbocycles. The van der Waals surface area contributed by atoms with Crippen molar-refractivity contribution in [2.75, 3.05) is 138 Å². The molecule has 0 bridgehead atoms. The van der Waals surface area contributed by atoms with Crippen molar-refractivity contribution in [1.29, 1.82) is 0 Å². The third-order valence-electron chi connectivity index (χ3n) is 26.3. The zero-order chi connectivity index (χ0) is 80.4. The number of hydrogen-bond acceptors (Lipinski definition) is 17. The highest BCUT2D eigenvalue weighted by atomic mass is 16.5. The quantitative estimate of drug-likeness (QED) is 0.141. The molecule has 0 N–H and O–H groups in total. The molecule has 16 heterocycles. The van der Waals surface area contributed by atoms with Crippen LogP contribution in [0.5, 0.6) is 23.0 Å². The standard InChI is InChI=1S/2C24H29N3O2.C23H27N3O3.C23H27N3O2/c2*1-15-10-17(3)27-18(13-26-8-6-5-7-9-26)14-29-24-22-19(12-20(15)23(24)27)16(2)11-21(28)25(22)4;1-14-9-16(3)26-17(12-25-5-7-28-8-6-25)13-29-23-21-18(11-19(14)22(23)26)15(2)10-20(27)24(21)4;1-14-9-16(3)26-17(12-25-7-5-6-8-25)13-28-23-21-18(11-19(14)22(23)26)15(2)10-20(27)24(21)4/h2*10-12,18H,3,5-9,13-14H2,1-2,4H3;9-11,17H,3,5-8,12-13H2,1-2,4H3;9-11,17H,3,5-8,12-13H2,1-2,4H3/t18-;;;17-/m0..0/s1. The maximum absolute atomic E-state index is 12.5. The summed E-state index contributed by atoms with van der Waals surface area (Å²) in [5.41, 5.74) is 25.2. The first-order valence-electron chi connectivity index (χ1n) is 41.7. The molecule has 0 radical (unpaired) electrons. The van der Waals surface area contributed by atoms with Crippen molar-refractivity contribution in [3.63, 3.8) is 0 Å². The Hall–Kier alpha value is -10.2. The van der Waals surface area contributed by atoms with Crippen molar-refractivity contribution < 1.29 is 23.7 Å². The van der Waals surface area contributed by atoms with Crippen molar-refractivity contribution in [2.24, 2.45) is 28.2 Å². The highest BCUT2D eigenvalue weighted by Gasteiger charge is 2.43. The Labute approximate surface area is 674 Å². The van der Waals surface area contributed by atoms with Crippen LogP contribution in [0.25, 0.3) is 65.9 Å². The van der Waals surface area contributed by atoms with Crippen LogP contribution in [0.1, 0.15) is 124 Å². The Morgan fingerprint density at radius 3 is 0.765 bits per heavy atom. The second kappa shape index (κ2) is 30.8. The van der Waals surface area contributed by atoms with E-state index in [1.165, 1.54) is 90.3 Å². The van der Waals surface area contributed by atoms with Crippen molar-refractivity contribution >= 4 is 88.7 Å². The van der Waals surface area contributed by atoms with Crippen molar-refractivity contribution in [2.45, 2.75) is 131 Å². The lowest BCUT2D eigenvalue weighted by Crippen LogP contribution is -2.52. The van der Waals surface area contributed by atoms with Crippen LogP contribution < -0.4 is 60.8 Å². The molecule has 4 aromatic heterocycles. The summed E-state index contributed by atoms with van der Waals surface area (Å²) in [6.07, 6.45) is 19.1. The number of anilines is 4. The molecule has 21 nitrogen and oxygen atoms in total. The molecule has 4 saturated heterocycles. The Balaban J connectivity index is 0.000000111. The lowest BCUT2D eigenvalue weighted by Gasteiger charge is -2.45. The molecule has 21 heteroatoms. The summed E-state index contributed by atoms with van der Waals surface area (Å²) in [5.74, 6) is 3.27. The summed E-state index contributed by atoms with van der Waals surface area (Å²) in [6, 6.07) is 16.6. The van der Waals surface area contributed by atoms with E-state index in [1.54, 1.807) is 42.5 Å². The second-order valence-corrected chi connectivity index (χ2v) is 34.1. The lowest BCUT2D eigenvalue weighted by molar-refractivity contribution is 0.0322. The zero-order valence-electron chi connectivity index (χ0n) is 69.5. The van der Waals surface area contributed by atoms with Gasteiger partial charge in [0.25, 0.3) is 22.2 Å². The largest absolute Gasteiger partial charge is 0.487 e. The Bertz CT molecular complexity index is 5400. The number of hydrogen-bond donors (Lipinski definition) is 0. The number of benzene rings is 4. The summed E-state index contributed by atoms with van der Waals surface area (Å²) in [4.78, 5) is 69.4. The van der Waals surface area contributed by atoms with Crippen LogP contribution in [0, 0.1) is 27.7 Å². The molecular formula is C94H112N12O9. The van der Waals surface area contributed by atoms with E-state index in [-0.39, 0.29) is 46.4 Å². The SMILES string of the molecule is C=C1C=C(C)c2cc3c(C)cc(=O)n(C)c3c3c2N1C(CN1CCCCC1)CO3.C=C1C=C(C)c2cc3c(C)cc(=O)n(C)c3c3c2N1C(CN1CCOCC1)CO3.C=C1C=C(C)c2cc3c(C)cc(=O)n(C)c3c3c2N1[C@@H](CN1CCCC1)CO3.C=C1C=C(C)c2cc3c(C)cc(=O)n(C)c3c3c2N1[C@@H](CN1CCCCC1)CO3. The normalized spacial score (nSPS) is 21.7.